The first-order chi connectivity index (χ1) is 11.5. The topological polar surface area (TPSA) is 92.2 Å². The van der Waals surface area contributed by atoms with Crippen LogP contribution in [-0.4, -0.2) is 64.9 Å². The van der Waals surface area contributed by atoms with Gasteiger partial charge < -0.3 is 10.6 Å². The Labute approximate surface area is 140 Å². The number of likely N-dealkylation sites (N-methyl/N-ethyl adjacent to an activating group) is 2. The zero-order chi connectivity index (χ0) is 17.5. The number of para-hydroxylation sites is 1. The van der Waals surface area contributed by atoms with Crippen LogP contribution in [-0.2, 0) is 4.79 Å². The Morgan fingerprint density at radius 3 is 2.67 bits per heavy atom. The van der Waals surface area contributed by atoms with Gasteiger partial charge in [-0.3, -0.25) is 14.5 Å². The highest BCUT2D eigenvalue weighted by Gasteiger charge is 2.16. The highest BCUT2D eigenvalue weighted by Crippen LogP contribution is 2.05. The highest BCUT2D eigenvalue weighted by molar-refractivity contribution is 5.91. The first-order valence-electron chi connectivity index (χ1n) is 7.68. The molecule has 2 aromatic rings. The second-order valence-electron chi connectivity index (χ2n) is 5.53. The van der Waals surface area contributed by atoms with E-state index in [-0.39, 0.29) is 30.1 Å². The van der Waals surface area contributed by atoms with Crippen molar-refractivity contribution in [2.24, 2.45) is 0 Å². The van der Waals surface area contributed by atoms with Gasteiger partial charge in [-0.2, -0.15) is 0 Å². The molecule has 1 aromatic heterocycles. The Morgan fingerprint density at radius 2 is 2.00 bits per heavy atom. The van der Waals surface area contributed by atoms with Crippen LogP contribution >= 0.6 is 0 Å². The van der Waals surface area contributed by atoms with Gasteiger partial charge in [0.05, 0.1) is 18.4 Å². The van der Waals surface area contributed by atoms with Gasteiger partial charge in [-0.1, -0.05) is 23.4 Å². The van der Waals surface area contributed by atoms with Gasteiger partial charge in [0, 0.05) is 19.6 Å². The van der Waals surface area contributed by atoms with Gasteiger partial charge in [-0.05, 0) is 26.1 Å². The molecule has 2 amide bonds. The second-order valence-corrected chi connectivity index (χ2v) is 5.53. The minimum absolute atomic E-state index is 0.00965. The van der Waals surface area contributed by atoms with Crippen LogP contribution in [0.4, 0.5) is 0 Å². The number of rotatable bonds is 7. The maximum absolute atomic E-state index is 12.2. The molecule has 2 rings (SSSR count). The maximum Gasteiger partial charge on any atom is 0.273 e. The summed E-state index contributed by atoms with van der Waals surface area (Å²) in [5.74, 6) is -0.362. The number of nitrogens with zero attached hydrogens (tertiary/aromatic N) is 4. The molecule has 0 radical (unpaired) electrons. The first kappa shape index (κ1) is 17.6. The van der Waals surface area contributed by atoms with E-state index in [9.17, 15) is 9.59 Å². The fourth-order valence-electron chi connectivity index (χ4n) is 2.02. The number of nitrogens with one attached hydrogen (secondary N) is 2. The van der Waals surface area contributed by atoms with E-state index in [0.29, 0.717) is 6.54 Å². The van der Waals surface area contributed by atoms with Crippen LogP contribution in [0.5, 0.6) is 0 Å². The largest absolute Gasteiger partial charge is 0.358 e. The molecule has 2 N–H and O–H groups in total. The van der Waals surface area contributed by atoms with Crippen molar-refractivity contribution in [1.29, 1.82) is 0 Å². The third-order valence-corrected chi connectivity index (χ3v) is 3.73. The number of amides is 2. The Bertz CT molecular complexity index is 685. The Hall–Kier alpha value is -2.74. The summed E-state index contributed by atoms with van der Waals surface area (Å²) in [6.45, 7) is 2.62. The summed E-state index contributed by atoms with van der Waals surface area (Å²) in [5.41, 5.74) is 1.09. The van der Waals surface area contributed by atoms with Gasteiger partial charge >= 0.3 is 0 Å². The lowest BCUT2D eigenvalue weighted by Gasteiger charge is -2.23. The van der Waals surface area contributed by atoms with Crippen molar-refractivity contribution >= 4 is 11.8 Å². The first-order valence-corrected chi connectivity index (χ1v) is 7.68. The minimum Gasteiger partial charge on any atom is -0.358 e. The molecule has 0 saturated carbocycles. The van der Waals surface area contributed by atoms with Crippen LogP contribution in [0.15, 0.2) is 36.5 Å². The van der Waals surface area contributed by atoms with Crippen molar-refractivity contribution in [1.82, 2.24) is 30.5 Å². The quantitative estimate of drug-likeness (QED) is 0.749. The molecule has 24 heavy (non-hydrogen) atoms. The molecule has 0 aliphatic heterocycles. The third kappa shape index (κ3) is 4.63. The Morgan fingerprint density at radius 1 is 1.29 bits per heavy atom. The normalized spacial score (nSPS) is 12.0. The number of hydrogen-bond acceptors (Lipinski definition) is 5. The second kappa shape index (κ2) is 8.21. The zero-order valence-corrected chi connectivity index (χ0v) is 14.1. The van der Waals surface area contributed by atoms with E-state index < -0.39 is 0 Å². The van der Waals surface area contributed by atoms with E-state index >= 15 is 0 Å². The monoisotopic (exact) mass is 330 g/mol. The lowest BCUT2D eigenvalue weighted by atomic mass is 10.3. The molecule has 0 aliphatic rings. The number of hydrogen-bond donors (Lipinski definition) is 2. The van der Waals surface area contributed by atoms with Crippen molar-refractivity contribution in [3.8, 4) is 5.69 Å². The Balaban J connectivity index is 1.89. The van der Waals surface area contributed by atoms with Crippen molar-refractivity contribution in [3.63, 3.8) is 0 Å². The van der Waals surface area contributed by atoms with Crippen LogP contribution in [0.2, 0.25) is 0 Å². The van der Waals surface area contributed by atoms with E-state index in [2.05, 4.69) is 20.9 Å². The molecule has 1 unspecified atom stereocenters. The summed E-state index contributed by atoms with van der Waals surface area (Å²) in [6.07, 6.45) is 1.59. The van der Waals surface area contributed by atoms with Crippen LogP contribution < -0.4 is 10.6 Å². The molecule has 1 heterocycles. The number of carbonyl (C=O) groups excluding carboxylic acids is 2. The molecule has 1 aromatic carbocycles. The van der Waals surface area contributed by atoms with Gasteiger partial charge in [0.1, 0.15) is 0 Å². The molecule has 0 aliphatic carbocycles. The molecule has 0 saturated heterocycles. The smallest absolute Gasteiger partial charge is 0.273 e. The van der Waals surface area contributed by atoms with E-state index in [4.69, 9.17) is 0 Å². The highest BCUT2D eigenvalue weighted by atomic mass is 16.2. The fraction of sp³-hybridized carbons (Fsp3) is 0.375. The van der Waals surface area contributed by atoms with Crippen molar-refractivity contribution in [2.75, 3.05) is 27.2 Å². The number of carbonyl (C=O) groups is 2. The molecular weight excluding hydrogens is 308 g/mol. The van der Waals surface area contributed by atoms with Crippen molar-refractivity contribution in [2.45, 2.75) is 13.0 Å². The van der Waals surface area contributed by atoms with Crippen LogP contribution in [0.3, 0.4) is 0 Å². The van der Waals surface area contributed by atoms with Crippen LogP contribution in [0, 0.1) is 0 Å². The fourth-order valence-corrected chi connectivity index (χ4v) is 2.02. The van der Waals surface area contributed by atoms with Crippen molar-refractivity contribution in [3.05, 3.63) is 42.2 Å². The summed E-state index contributed by atoms with van der Waals surface area (Å²) in [7, 11) is 3.43. The summed E-state index contributed by atoms with van der Waals surface area (Å²) in [4.78, 5) is 25.4. The molecule has 0 spiro atoms. The average Bonchev–Trinajstić information content (AvgIpc) is 3.10. The molecule has 128 valence electrons. The molecule has 0 fully saturated rings. The zero-order valence-electron chi connectivity index (χ0n) is 14.1. The molecule has 8 heteroatoms. The molecule has 1 atom stereocenters. The summed E-state index contributed by atoms with van der Waals surface area (Å²) >= 11 is 0. The lowest BCUT2D eigenvalue weighted by molar-refractivity contribution is -0.121. The predicted molar refractivity (Wildman–Crippen MR) is 89.9 cm³/mol. The minimum atomic E-state index is -0.294. The molecule has 8 nitrogen and oxygen atoms in total. The van der Waals surface area contributed by atoms with Crippen LogP contribution in [0.25, 0.3) is 5.69 Å². The standard InChI is InChI=1S/C16H22N6O2/c1-12(21(3)11-15(23)17-2)9-18-16(24)14-10-22(20-19-14)13-7-5-4-6-8-13/h4-8,10,12H,9,11H2,1-3H3,(H,17,23)(H,18,24). The van der Waals surface area contributed by atoms with E-state index in [1.54, 1.807) is 17.9 Å². The van der Waals surface area contributed by atoms with Gasteiger partial charge in [0.15, 0.2) is 5.69 Å². The summed E-state index contributed by atoms with van der Waals surface area (Å²) in [5, 5.41) is 13.2. The van der Waals surface area contributed by atoms with Crippen molar-refractivity contribution < 1.29 is 9.59 Å². The summed E-state index contributed by atoms with van der Waals surface area (Å²) in [6, 6.07) is 9.46. The van der Waals surface area contributed by atoms with E-state index in [1.807, 2.05) is 49.2 Å². The predicted octanol–water partition coefficient (Wildman–Crippen LogP) is 0.0634. The van der Waals surface area contributed by atoms with Gasteiger partial charge in [-0.25, -0.2) is 4.68 Å². The third-order valence-electron chi connectivity index (χ3n) is 3.73. The molecular formula is C16H22N6O2. The molecule has 0 bridgehead atoms. The van der Waals surface area contributed by atoms with E-state index in [1.165, 1.54) is 0 Å². The summed E-state index contributed by atoms with van der Waals surface area (Å²) < 4.78 is 1.55. The number of aromatic nitrogens is 3. The van der Waals surface area contributed by atoms with Crippen LogP contribution in [0.1, 0.15) is 17.4 Å². The Kier molecular flexibility index (Phi) is 6.02. The van der Waals surface area contributed by atoms with Gasteiger partial charge in [-0.15, -0.1) is 5.10 Å². The number of benzene rings is 1. The van der Waals surface area contributed by atoms with E-state index in [0.717, 1.165) is 5.69 Å². The SMILES string of the molecule is CNC(=O)CN(C)C(C)CNC(=O)c1cn(-c2ccccc2)nn1. The maximum atomic E-state index is 12.2. The van der Waals surface area contributed by atoms with Gasteiger partial charge in [0.25, 0.3) is 5.91 Å². The average molecular weight is 330 g/mol. The lowest BCUT2D eigenvalue weighted by Crippen LogP contribution is -2.44. The van der Waals surface area contributed by atoms with Gasteiger partial charge in [0.2, 0.25) is 5.91 Å².